The third-order valence-corrected chi connectivity index (χ3v) is 4.71. The monoisotopic (exact) mass is 436 g/mol. The van der Waals surface area contributed by atoms with Crippen molar-refractivity contribution in [1.82, 2.24) is 4.90 Å². The molecule has 2 aromatic carbocycles. The Balaban J connectivity index is 2.04. The number of halogens is 2. The van der Waals surface area contributed by atoms with Gasteiger partial charge in [0.05, 0.1) is 30.0 Å². The molecule has 29 heavy (non-hydrogen) atoms. The van der Waals surface area contributed by atoms with Crippen LogP contribution in [0, 0.1) is 0 Å². The minimum atomic E-state index is -0.394. The summed E-state index contributed by atoms with van der Waals surface area (Å²) in [4.78, 5) is 26.2. The number of amides is 2. The normalized spacial score (nSPS) is 10.7. The summed E-state index contributed by atoms with van der Waals surface area (Å²) < 4.78 is 10.4. The van der Waals surface area contributed by atoms with Gasteiger partial charge in [0.1, 0.15) is 6.54 Å². The lowest BCUT2D eigenvalue weighted by atomic mass is 10.2. The molecule has 0 saturated heterocycles. The van der Waals surface area contributed by atoms with Gasteiger partial charge in [0.15, 0.2) is 11.5 Å². The SMILES string of the molecule is CCN(CC(=O)Nc1c(Cl)cccc1Cl)C(=O)/C=C/c1ccc(OC)c(OC)c1. The zero-order valence-electron chi connectivity index (χ0n) is 16.4. The fourth-order valence-corrected chi connectivity index (χ4v) is 3.04. The summed E-state index contributed by atoms with van der Waals surface area (Å²) in [5.74, 6) is 0.462. The summed E-state index contributed by atoms with van der Waals surface area (Å²) in [6.07, 6.45) is 3.05. The first-order valence-electron chi connectivity index (χ1n) is 8.82. The fourth-order valence-electron chi connectivity index (χ4n) is 2.54. The molecule has 0 unspecified atom stereocenters. The lowest BCUT2D eigenvalue weighted by molar-refractivity contribution is -0.130. The molecule has 0 bridgehead atoms. The zero-order chi connectivity index (χ0) is 21.4. The van der Waals surface area contributed by atoms with Crippen LogP contribution < -0.4 is 14.8 Å². The van der Waals surface area contributed by atoms with Gasteiger partial charge in [0.25, 0.3) is 0 Å². The third kappa shape index (κ3) is 6.14. The van der Waals surface area contributed by atoms with Crippen molar-refractivity contribution in [1.29, 1.82) is 0 Å². The number of carbonyl (C=O) groups excluding carboxylic acids is 2. The second-order valence-corrected chi connectivity index (χ2v) is 6.76. The first-order chi connectivity index (χ1) is 13.9. The Bertz CT molecular complexity index is 895. The largest absolute Gasteiger partial charge is 0.493 e. The van der Waals surface area contributed by atoms with E-state index in [0.29, 0.717) is 33.8 Å². The molecule has 6 nitrogen and oxygen atoms in total. The number of nitrogens with zero attached hydrogens (tertiary/aromatic N) is 1. The molecule has 0 heterocycles. The highest BCUT2D eigenvalue weighted by atomic mass is 35.5. The second-order valence-electron chi connectivity index (χ2n) is 5.95. The van der Waals surface area contributed by atoms with Gasteiger partial charge in [-0.3, -0.25) is 9.59 Å². The summed E-state index contributed by atoms with van der Waals surface area (Å²) in [5, 5.41) is 3.30. The van der Waals surface area contributed by atoms with Gasteiger partial charge in [-0.05, 0) is 42.8 Å². The van der Waals surface area contributed by atoms with E-state index in [1.165, 1.54) is 11.0 Å². The summed E-state index contributed by atoms with van der Waals surface area (Å²) in [6.45, 7) is 2.02. The molecule has 0 aliphatic heterocycles. The van der Waals surface area contributed by atoms with Crippen LogP contribution in [0.3, 0.4) is 0 Å². The Morgan fingerprint density at radius 3 is 2.31 bits per heavy atom. The van der Waals surface area contributed by atoms with Crippen LogP contribution in [-0.2, 0) is 9.59 Å². The highest BCUT2D eigenvalue weighted by Gasteiger charge is 2.16. The van der Waals surface area contributed by atoms with Crippen LogP contribution in [0.2, 0.25) is 10.0 Å². The number of methoxy groups -OCH3 is 2. The van der Waals surface area contributed by atoms with E-state index < -0.39 is 5.91 Å². The van der Waals surface area contributed by atoms with Crippen LogP contribution in [0.5, 0.6) is 11.5 Å². The van der Waals surface area contributed by atoms with Gasteiger partial charge < -0.3 is 19.7 Å². The summed E-state index contributed by atoms with van der Waals surface area (Å²) in [7, 11) is 3.09. The molecule has 8 heteroatoms. The number of nitrogens with one attached hydrogen (secondary N) is 1. The zero-order valence-corrected chi connectivity index (χ0v) is 17.9. The van der Waals surface area contributed by atoms with Crippen molar-refractivity contribution < 1.29 is 19.1 Å². The number of rotatable bonds is 8. The number of anilines is 1. The van der Waals surface area contributed by atoms with Crippen molar-refractivity contribution in [3.63, 3.8) is 0 Å². The molecule has 0 fully saturated rings. The molecule has 0 saturated carbocycles. The van der Waals surface area contributed by atoms with Crippen LogP contribution in [0.4, 0.5) is 5.69 Å². The number of benzene rings is 2. The molecule has 154 valence electrons. The minimum Gasteiger partial charge on any atom is -0.493 e. The highest BCUT2D eigenvalue weighted by molar-refractivity contribution is 6.39. The van der Waals surface area contributed by atoms with Crippen LogP contribution in [0.25, 0.3) is 6.08 Å². The van der Waals surface area contributed by atoms with E-state index in [1.54, 1.807) is 63.6 Å². The van der Waals surface area contributed by atoms with E-state index in [4.69, 9.17) is 32.7 Å². The Hall–Kier alpha value is -2.70. The molecule has 0 aromatic heterocycles. The van der Waals surface area contributed by atoms with Crippen LogP contribution in [0.15, 0.2) is 42.5 Å². The van der Waals surface area contributed by atoms with Gasteiger partial charge in [-0.1, -0.05) is 35.3 Å². The third-order valence-electron chi connectivity index (χ3n) is 4.08. The number of ether oxygens (including phenoxy) is 2. The topological polar surface area (TPSA) is 67.9 Å². The van der Waals surface area contributed by atoms with Crippen molar-refractivity contribution >= 4 is 46.8 Å². The number of hydrogen-bond acceptors (Lipinski definition) is 4. The van der Waals surface area contributed by atoms with Crippen molar-refractivity contribution in [3.8, 4) is 11.5 Å². The predicted octanol–water partition coefficient (Wildman–Crippen LogP) is 4.51. The van der Waals surface area contributed by atoms with Crippen LogP contribution >= 0.6 is 23.2 Å². The Kier molecular flexibility index (Phi) is 8.36. The Morgan fingerprint density at radius 2 is 1.72 bits per heavy atom. The van der Waals surface area contributed by atoms with E-state index >= 15 is 0 Å². The summed E-state index contributed by atoms with van der Waals surface area (Å²) >= 11 is 12.1. The van der Waals surface area contributed by atoms with Crippen LogP contribution in [0.1, 0.15) is 12.5 Å². The fraction of sp³-hybridized carbons (Fsp3) is 0.238. The van der Waals surface area contributed by atoms with E-state index in [1.807, 2.05) is 0 Å². The van der Waals surface area contributed by atoms with Crippen molar-refractivity contribution in [3.05, 3.63) is 58.1 Å². The molecule has 0 aliphatic carbocycles. The molecule has 0 atom stereocenters. The molecule has 0 radical (unpaired) electrons. The molecule has 2 amide bonds. The molecule has 1 N–H and O–H groups in total. The number of para-hydroxylation sites is 1. The summed E-state index contributed by atoms with van der Waals surface area (Å²) in [6, 6.07) is 10.2. The lowest BCUT2D eigenvalue weighted by Crippen LogP contribution is -2.37. The smallest absolute Gasteiger partial charge is 0.247 e. The highest BCUT2D eigenvalue weighted by Crippen LogP contribution is 2.30. The first-order valence-corrected chi connectivity index (χ1v) is 9.58. The first kappa shape index (κ1) is 22.6. The maximum absolute atomic E-state index is 12.5. The molecular formula is C21H22Cl2N2O4. The van der Waals surface area contributed by atoms with Gasteiger partial charge in [-0.25, -0.2) is 0 Å². The minimum absolute atomic E-state index is 0.132. The van der Waals surface area contributed by atoms with Gasteiger partial charge in [-0.2, -0.15) is 0 Å². The maximum Gasteiger partial charge on any atom is 0.247 e. The molecule has 2 rings (SSSR count). The van der Waals surface area contributed by atoms with Crippen molar-refractivity contribution in [2.45, 2.75) is 6.92 Å². The van der Waals surface area contributed by atoms with E-state index in [0.717, 1.165) is 5.56 Å². The van der Waals surface area contributed by atoms with Gasteiger partial charge in [0.2, 0.25) is 11.8 Å². The number of carbonyl (C=O) groups is 2. The quantitative estimate of drug-likeness (QED) is 0.617. The molecule has 0 aliphatic rings. The number of likely N-dealkylation sites (N-methyl/N-ethyl adjacent to an activating group) is 1. The lowest BCUT2D eigenvalue weighted by Gasteiger charge is -2.19. The Labute approximate surface area is 180 Å². The molecule has 2 aromatic rings. The maximum atomic E-state index is 12.5. The van der Waals surface area contributed by atoms with Gasteiger partial charge in [0, 0.05) is 12.6 Å². The van der Waals surface area contributed by atoms with Crippen molar-refractivity contribution in [2.24, 2.45) is 0 Å². The molecular weight excluding hydrogens is 415 g/mol. The van der Waals surface area contributed by atoms with Crippen LogP contribution in [-0.4, -0.2) is 44.0 Å². The van der Waals surface area contributed by atoms with E-state index in [-0.39, 0.29) is 12.5 Å². The predicted molar refractivity (Wildman–Crippen MR) is 116 cm³/mol. The summed E-state index contributed by atoms with van der Waals surface area (Å²) in [5.41, 5.74) is 1.09. The Morgan fingerprint density at radius 1 is 1.07 bits per heavy atom. The van der Waals surface area contributed by atoms with Crippen molar-refractivity contribution in [2.75, 3.05) is 32.6 Å². The second kappa shape index (κ2) is 10.7. The van der Waals surface area contributed by atoms with E-state index in [9.17, 15) is 9.59 Å². The standard InChI is InChI=1S/C21H22Cl2N2O4/c1-4-25(13-19(26)24-21-15(22)6-5-7-16(21)23)20(27)11-9-14-8-10-17(28-2)18(12-14)29-3/h5-12H,4,13H2,1-3H3,(H,24,26)/b11-9+. The van der Waals surface area contributed by atoms with Gasteiger partial charge >= 0.3 is 0 Å². The van der Waals surface area contributed by atoms with Gasteiger partial charge in [-0.15, -0.1) is 0 Å². The van der Waals surface area contributed by atoms with E-state index in [2.05, 4.69) is 5.32 Å². The average Bonchev–Trinajstić information content (AvgIpc) is 2.72. The molecule has 0 spiro atoms. The average molecular weight is 437 g/mol. The number of hydrogen-bond donors (Lipinski definition) is 1.